The molecular weight excluding hydrogens is 300 g/mol. The van der Waals surface area contributed by atoms with Gasteiger partial charge < -0.3 is 10.2 Å². The van der Waals surface area contributed by atoms with Gasteiger partial charge >= 0.3 is 6.03 Å². The van der Waals surface area contributed by atoms with Crippen LogP contribution in [0.15, 0.2) is 24.5 Å². The first-order chi connectivity index (χ1) is 11.7. The van der Waals surface area contributed by atoms with Crippen molar-refractivity contribution in [2.45, 2.75) is 44.7 Å². The van der Waals surface area contributed by atoms with E-state index in [2.05, 4.69) is 15.2 Å². The molecule has 2 amide bonds. The van der Waals surface area contributed by atoms with Crippen LogP contribution in [0.25, 0.3) is 0 Å². The molecule has 2 aliphatic carbocycles. The highest BCUT2D eigenvalue weighted by molar-refractivity contribution is 5.74. The monoisotopic (exact) mass is 328 g/mol. The van der Waals surface area contributed by atoms with E-state index in [1.54, 1.807) is 6.20 Å². The van der Waals surface area contributed by atoms with Gasteiger partial charge in [0.05, 0.1) is 6.04 Å². The van der Waals surface area contributed by atoms with E-state index in [0.29, 0.717) is 0 Å². The molecule has 24 heavy (non-hydrogen) atoms. The number of carbonyl (C=O) groups is 1. The molecule has 2 bridgehead atoms. The Labute approximate surface area is 144 Å². The van der Waals surface area contributed by atoms with Crippen molar-refractivity contribution in [2.24, 2.45) is 11.8 Å². The zero-order valence-electron chi connectivity index (χ0n) is 14.5. The van der Waals surface area contributed by atoms with Crippen molar-refractivity contribution in [3.05, 3.63) is 30.1 Å². The second-order valence-corrected chi connectivity index (χ2v) is 7.72. The molecule has 1 aliphatic heterocycles. The van der Waals surface area contributed by atoms with E-state index < -0.39 is 0 Å². The molecule has 1 aromatic rings. The smallest absolute Gasteiger partial charge is 0.317 e. The number of nitrogens with one attached hydrogen (secondary N) is 1. The van der Waals surface area contributed by atoms with Gasteiger partial charge in [0.1, 0.15) is 0 Å². The molecule has 0 spiro atoms. The Kier molecular flexibility index (Phi) is 4.44. The number of hydrogen-bond donors (Lipinski definition) is 1. The minimum atomic E-state index is -0.00482. The van der Waals surface area contributed by atoms with Gasteiger partial charge in [-0.1, -0.05) is 12.5 Å². The van der Waals surface area contributed by atoms with Crippen LogP contribution in [0, 0.1) is 11.8 Å². The van der Waals surface area contributed by atoms with Crippen molar-refractivity contribution >= 4 is 6.03 Å². The predicted octanol–water partition coefficient (Wildman–Crippen LogP) is 2.66. The lowest BCUT2D eigenvalue weighted by molar-refractivity contribution is 0.0821. The fraction of sp³-hybridized carbons (Fsp3) is 0.684. The van der Waals surface area contributed by atoms with E-state index in [9.17, 15) is 4.79 Å². The number of aromatic nitrogens is 1. The number of amides is 2. The Hall–Kier alpha value is -1.62. The van der Waals surface area contributed by atoms with Gasteiger partial charge in [0.15, 0.2) is 0 Å². The van der Waals surface area contributed by atoms with Crippen LogP contribution in [0.1, 0.15) is 44.2 Å². The first-order valence-corrected chi connectivity index (χ1v) is 9.40. The topological polar surface area (TPSA) is 48.5 Å². The highest BCUT2D eigenvalue weighted by Crippen LogP contribution is 2.46. The lowest BCUT2D eigenvalue weighted by Gasteiger charge is -2.41. The molecule has 2 heterocycles. The second-order valence-electron chi connectivity index (χ2n) is 7.72. The number of nitrogens with zero attached hydrogens (tertiary/aromatic N) is 3. The van der Waals surface area contributed by atoms with Crippen LogP contribution in [0.2, 0.25) is 0 Å². The number of fused-ring (bicyclic) bond motifs is 2. The summed E-state index contributed by atoms with van der Waals surface area (Å²) in [4.78, 5) is 21.3. The second kappa shape index (κ2) is 6.71. The number of hydrogen-bond acceptors (Lipinski definition) is 3. The summed E-state index contributed by atoms with van der Waals surface area (Å²) in [5, 5.41) is 3.11. The lowest BCUT2D eigenvalue weighted by Crippen LogP contribution is -2.55. The summed E-state index contributed by atoms with van der Waals surface area (Å²) in [6.45, 7) is 5.77. The molecule has 130 valence electrons. The fourth-order valence-electron chi connectivity index (χ4n) is 4.91. The summed E-state index contributed by atoms with van der Waals surface area (Å²) in [5.74, 6) is 1.92. The fourth-order valence-corrected chi connectivity index (χ4v) is 4.91. The van der Waals surface area contributed by atoms with E-state index in [0.717, 1.165) is 49.6 Å². The number of rotatable bonds is 3. The van der Waals surface area contributed by atoms with Gasteiger partial charge in [0.2, 0.25) is 0 Å². The molecule has 1 aromatic heterocycles. The highest BCUT2D eigenvalue weighted by Gasteiger charge is 2.42. The van der Waals surface area contributed by atoms with Gasteiger partial charge in [0.25, 0.3) is 0 Å². The standard InChI is InChI=1S/C19H28N4O/c1-14(17-3-2-6-20-13-17)21-19(24)23-9-7-22(8-10-23)18-12-15-4-5-16(18)11-15/h2-3,6,13-16,18H,4-5,7-12H2,1H3,(H,21,24). The van der Waals surface area contributed by atoms with Crippen LogP contribution in [-0.4, -0.2) is 53.0 Å². The molecule has 5 heteroatoms. The normalized spacial score (nSPS) is 31.2. The third kappa shape index (κ3) is 3.14. The zero-order valence-corrected chi connectivity index (χ0v) is 14.5. The van der Waals surface area contributed by atoms with Crippen molar-refractivity contribution in [1.29, 1.82) is 0 Å². The van der Waals surface area contributed by atoms with Crippen molar-refractivity contribution in [3.63, 3.8) is 0 Å². The van der Waals surface area contributed by atoms with E-state index >= 15 is 0 Å². The molecule has 5 nitrogen and oxygen atoms in total. The molecule has 0 aromatic carbocycles. The maximum absolute atomic E-state index is 12.5. The molecule has 1 N–H and O–H groups in total. The average molecular weight is 328 g/mol. The van der Waals surface area contributed by atoms with Crippen LogP contribution in [0.4, 0.5) is 4.79 Å². The highest BCUT2D eigenvalue weighted by atomic mass is 16.2. The Bertz CT molecular complexity index is 570. The van der Waals surface area contributed by atoms with Crippen LogP contribution in [0.3, 0.4) is 0 Å². The summed E-state index contributed by atoms with van der Waals surface area (Å²) < 4.78 is 0. The van der Waals surface area contributed by atoms with Gasteiger partial charge in [-0.25, -0.2) is 4.79 Å². The largest absolute Gasteiger partial charge is 0.331 e. The Morgan fingerprint density at radius 2 is 2.08 bits per heavy atom. The quantitative estimate of drug-likeness (QED) is 0.928. The third-order valence-electron chi connectivity index (χ3n) is 6.30. The first-order valence-electron chi connectivity index (χ1n) is 9.40. The molecule has 4 atom stereocenters. The van der Waals surface area contributed by atoms with Crippen LogP contribution >= 0.6 is 0 Å². The predicted molar refractivity (Wildman–Crippen MR) is 93.6 cm³/mol. The van der Waals surface area contributed by atoms with E-state index in [1.807, 2.05) is 30.2 Å². The molecular formula is C19H28N4O. The summed E-state index contributed by atoms with van der Waals surface area (Å²) in [7, 11) is 0. The Morgan fingerprint density at radius 1 is 1.25 bits per heavy atom. The van der Waals surface area contributed by atoms with Gasteiger partial charge in [-0.3, -0.25) is 9.88 Å². The van der Waals surface area contributed by atoms with E-state index in [1.165, 1.54) is 25.7 Å². The summed E-state index contributed by atoms with van der Waals surface area (Å²) in [6, 6.07) is 4.76. The molecule has 4 rings (SSSR count). The number of urea groups is 1. The maximum atomic E-state index is 12.5. The van der Waals surface area contributed by atoms with Crippen LogP contribution in [0.5, 0.6) is 0 Å². The van der Waals surface area contributed by atoms with Gasteiger partial charge in [-0.2, -0.15) is 0 Å². The van der Waals surface area contributed by atoms with Crippen molar-refractivity contribution in [1.82, 2.24) is 20.1 Å². The average Bonchev–Trinajstić information content (AvgIpc) is 3.26. The zero-order chi connectivity index (χ0) is 16.5. The lowest BCUT2D eigenvalue weighted by atomic mass is 9.93. The van der Waals surface area contributed by atoms with E-state index in [4.69, 9.17) is 0 Å². The molecule has 1 saturated heterocycles. The van der Waals surface area contributed by atoms with Gasteiger partial charge in [0, 0.05) is 44.6 Å². The maximum Gasteiger partial charge on any atom is 0.317 e. The Morgan fingerprint density at radius 3 is 2.71 bits per heavy atom. The van der Waals surface area contributed by atoms with Crippen LogP contribution < -0.4 is 5.32 Å². The number of piperazine rings is 1. The van der Waals surface area contributed by atoms with Crippen LogP contribution in [-0.2, 0) is 0 Å². The first kappa shape index (κ1) is 15.9. The summed E-state index contributed by atoms with van der Waals surface area (Å²) >= 11 is 0. The van der Waals surface area contributed by atoms with Crippen molar-refractivity contribution in [2.75, 3.05) is 26.2 Å². The van der Waals surface area contributed by atoms with Gasteiger partial charge in [-0.15, -0.1) is 0 Å². The molecule has 0 radical (unpaired) electrons. The summed E-state index contributed by atoms with van der Waals surface area (Å²) in [5.41, 5.74) is 1.05. The third-order valence-corrected chi connectivity index (χ3v) is 6.30. The van der Waals surface area contributed by atoms with Crippen molar-refractivity contribution < 1.29 is 4.79 Å². The Balaban J connectivity index is 1.27. The SMILES string of the molecule is CC(NC(=O)N1CCN(C2CC3CCC2C3)CC1)c1cccnc1. The van der Waals surface area contributed by atoms with Crippen molar-refractivity contribution in [3.8, 4) is 0 Å². The number of carbonyl (C=O) groups excluding carboxylic acids is 1. The minimum absolute atomic E-state index is 0.00482. The molecule has 3 fully saturated rings. The van der Waals surface area contributed by atoms with E-state index in [-0.39, 0.29) is 12.1 Å². The van der Waals surface area contributed by atoms with Gasteiger partial charge in [-0.05, 0) is 49.7 Å². The number of pyridine rings is 1. The summed E-state index contributed by atoms with van der Waals surface area (Å²) in [6.07, 6.45) is 9.31. The minimum Gasteiger partial charge on any atom is -0.331 e. The molecule has 2 saturated carbocycles. The molecule has 3 aliphatic rings. The molecule has 4 unspecified atom stereocenters.